The van der Waals surface area contributed by atoms with Gasteiger partial charge in [-0.2, -0.15) is 0 Å². The van der Waals surface area contributed by atoms with Crippen molar-refractivity contribution in [2.45, 2.75) is 24.8 Å². The van der Waals surface area contributed by atoms with Crippen molar-refractivity contribution in [1.82, 2.24) is 14.7 Å². The first kappa shape index (κ1) is 18.2. The van der Waals surface area contributed by atoms with Gasteiger partial charge in [-0.1, -0.05) is 38.1 Å². The number of para-hydroxylation sites is 2. The van der Waals surface area contributed by atoms with Crippen molar-refractivity contribution in [2.24, 2.45) is 10.9 Å². The van der Waals surface area contributed by atoms with Crippen LogP contribution in [0.3, 0.4) is 0 Å². The Balaban J connectivity index is 1.64. The zero-order valence-electron chi connectivity index (χ0n) is 15.3. The molecular formula is C19H19N5O3S. The molecule has 0 bridgehead atoms. The molecule has 0 radical (unpaired) electrons. The number of anilines is 1. The normalized spacial score (nSPS) is 17.5. The molecule has 1 amide bonds. The Morgan fingerprint density at radius 1 is 1.11 bits per heavy atom. The van der Waals surface area contributed by atoms with E-state index in [0.29, 0.717) is 11.5 Å². The quantitative estimate of drug-likeness (QED) is 0.626. The van der Waals surface area contributed by atoms with Crippen molar-refractivity contribution in [3.63, 3.8) is 0 Å². The molecule has 9 heteroatoms. The van der Waals surface area contributed by atoms with Crippen molar-refractivity contribution in [2.75, 3.05) is 5.32 Å². The van der Waals surface area contributed by atoms with Gasteiger partial charge in [-0.15, -0.1) is 0 Å². The average molecular weight is 397 g/mol. The summed E-state index contributed by atoms with van der Waals surface area (Å²) in [7, 11) is -3.66. The number of amidine groups is 1. The van der Waals surface area contributed by atoms with E-state index in [4.69, 9.17) is 0 Å². The van der Waals surface area contributed by atoms with Crippen LogP contribution in [-0.4, -0.2) is 36.2 Å². The Morgan fingerprint density at radius 2 is 1.82 bits per heavy atom. The number of fused-ring (bicyclic) bond motifs is 2. The summed E-state index contributed by atoms with van der Waals surface area (Å²) in [6, 6.07) is 13.2. The maximum absolute atomic E-state index is 12.8. The van der Waals surface area contributed by atoms with Crippen molar-refractivity contribution in [3.8, 4) is 0 Å². The van der Waals surface area contributed by atoms with Crippen LogP contribution in [0.25, 0.3) is 11.0 Å². The molecule has 2 aromatic carbocycles. The molecule has 3 N–H and O–H groups in total. The number of aliphatic imine (C=N–C) groups is 1. The third-order valence-corrected chi connectivity index (χ3v) is 5.86. The van der Waals surface area contributed by atoms with Gasteiger partial charge in [-0.25, -0.2) is 13.4 Å². The summed E-state index contributed by atoms with van der Waals surface area (Å²) in [4.78, 5) is 24.8. The van der Waals surface area contributed by atoms with Gasteiger partial charge in [0.25, 0.3) is 15.9 Å². The predicted molar refractivity (Wildman–Crippen MR) is 107 cm³/mol. The van der Waals surface area contributed by atoms with Crippen molar-refractivity contribution < 1.29 is 13.2 Å². The van der Waals surface area contributed by atoms with Crippen LogP contribution in [0.15, 0.2) is 58.4 Å². The number of benzene rings is 2. The van der Waals surface area contributed by atoms with E-state index >= 15 is 0 Å². The Labute approximate surface area is 162 Å². The number of hydrogen-bond acceptors (Lipinski definition) is 5. The molecule has 0 fully saturated rings. The zero-order chi connectivity index (χ0) is 19.9. The van der Waals surface area contributed by atoms with Crippen LogP contribution in [0.1, 0.15) is 19.4 Å². The fourth-order valence-electron chi connectivity index (χ4n) is 3.08. The van der Waals surface area contributed by atoms with Crippen molar-refractivity contribution in [1.29, 1.82) is 0 Å². The number of carbonyl (C=O) groups excluding carboxylic acids is 1. The highest BCUT2D eigenvalue weighted by Crippen LogP contribution is 2.24. The third kappa shape index (κ3) is 3.24. The maximum atomic E-state index is 12.8. The average Bonchev–Trinajstić information content (AvgIpc) is 3.17. The number of carbonyl (C=O) groups is 1. The molecule has 1 aliphatic rings. The minimum Gasteiger partial charge on any atom is -0.324 e. The van der Waals surface area contributed by atoms with E-state index in [9.17, 15) is 13.2 Å². The van der Waals surface area contributed by atoms with Gasteiger partial charge in [0, 0.05) is 5.56 Å². The Kier molecular flexibility index (Phi) is 4.38. The number of hydrogen-bond donors (Lipinski definition) is 3. The van der Waals surface area contributed by atoms with Gasteiger partial charge in [-0.05, 0) is 30.2 Å². The maximum Gasteiger partial charge on any atom is 0.263 e. The van der Waals surface area contributed by atoms with Crippen LogP contribution in [0.5, 0.6) is 0 Å². The molecule has 1 aromatic heterocycles. The van der Waals surface area contributed by atoms with E-state index in [1.165, 1.54) is 6.07 Å². The van der Waals surface area contributed by atoms with Crippen LogP contribution in [0, 0.1) is 5.92 Å². The van der Waals surface area contributed by atoms with E-state index in [1.807, 2.05) is 38.1 Å². The third-order valence-electron chi connectivity index (χ3n) is 4.46. The molecule has 1 atom stereocenters. The number of amides is 1. The van der Waals surface area contributed by atoms with Crippen molar-refractivity contribution >= 4 is 38.7 Å². The lowest BCUT2D eigenvalue weighted by Gasteiger charge is -2.16. The van der Waals surface area contributed by atoms with Crippen LogP contribution < -0.4 is 10.0 Å². The Morgan fingerprint density at radius 3 is 2.57 bits per heavy atom. The number of aromatic nitrogens is 2. The van der Waals surface area contributed by atoms with Crippen molar-refractivity contribution in [3.05, 3.63) is 54.1 Å². The lowest BCUT2D eigenvalue weighted by Crippen LogP contribution is -2.34. The molecule has 0 spiro atoms. The standard InChI is InChI=1S/C19H19N5O3S/c1-11(2)16(18(25)23-19-20-13-8-4-5-9-14(13)21-19)22-17-12-7-3-6-10-15(12)28(26,27)24-17/h3-11,16H,1-2H3,(H,22,24)(H2,20,21,23,25)/t16-/m0/s1. The molecule has 2 heterocycles. The summed E-state index contributed by atoms with van der Waals surface area (Å²) in [6.45, 7) is 3.70. The summed E-state index contributed by atoms with van der Waals surface area (Å²) in [5, 5.41) is 2.74. The number of sulfonamides is 1. The van der Waals surface area contributed by atoms with Gasteiger partial charge in [0.1, 0.15) is 11.9 Å². The summed E-state index contributed by atoms with van der Waals surface area (Å²) < 4.78 is 27.0. The smallest absolute Gasteiger partial charge is 0.263 e. The second-order valence-electron chi connectivity index (χ2n) is 6.86. The number of nitrogens with zero attached hydrogens (tertiary/aromatic N) is 2. The van der Waals surface area contributed by atoms with Gasteiger partial charge < -0.3 is 4.98 Å². The Hall–Kier alpha value is -3.20. The zero-order valence-corrected chi connectivity index (χ0v) is 16.1. The topological polar surface area (TPSA) is 116 Å². The highest BCUT2D eigenvalue weighted by Gasteiger charge is 2.32. The molecule has 0 aliphatic carbocycles. The molecule has 4 rings (SSSR count). The molecule has 28 heavy (non-hydrogen) atoms. The van der Waals surface area contributed by atoms with Gasteiger partial charge in [-0.3, -0.25) is 19.8 Å². The van der Waals surface area contributed by atoms with E-state index in [2.05, 4.69) is 25.0 Å². The molecule has 144 valence electrons. The van der Waals surface area contributed by atoms with E-state index in [1.54, 1.807) is 18.2 Å². The van der Waals surface area contributed by atoms with Gasteiger partial charge in [0.05, 0.1) is 15.9 Å². The highest BCUT2D eigenvalue weighted by molar-refractivity contribution is 7.90. The number of aromatic amines is 1. The summed E-state index contributed by atoms with van der Waals surface area (Å²) in [6.07, 6.45) is 0. The second kappa shape index (κ2) is 6.75. The first-order chi connectivity index (χ1) is 13.3. The summed E-state index contributed by atoms with van der Waals surface area (Å²) >= 11 is 0. The predicted octanol–water partition coefficient (Wildman–Crippen LogP) is 2.26. The molecular weight excluding hydrogens is 378 g/mol. The second-order valence-corrected chi connectivity index (χ2v) is 8.51. The van der Waals surface area contributed by atoms with Gasteiger partial charge >= 0.3 is 0 Å². The molecule has 8 nitrogen and oxygen atoms in total. The number of rotatable bonds is 4. The minimum atomic E-state index is -3.66. The van der Waals surface area contributed by atoms with Crippen LogP contribution in [0.4, 0.5) is 5.95 Å². The molecule has 0 saturated carbocycles. The Bertz CT molecular complexity index is 1160. The molecule has 0 unspecified atom stereocenters. The van der Waals surface area contributed by atoms with E-state index in [0.717, 1.165) is 11.0 Å². The highest BCUT2D eigenvalue weighted by atomic mass is 32.2. The van der Waals surface area contributed by atoms with Crippen LogP contribution in [0.2, 0.25) is 0 Å². The SMILES string of the molecule is CC(C)[C@H](N=C1NS(=O)(=O)c2ccccc21)C(=O)Nc1nc2ccccc2[nH]1. The minimum absolute atomic E-state index is 0.158. The van der Waals surface area contributed by atoms with Crippen LogP contribution >= 0.6 is 0 Å². The summed E-state index contributed by atoms with van der Waals surface area (Å²) in [5.41, 5.74) is 2.01. The molecule has 3 aromatic rings. The lowest BCUT2D eigenvalue weighted by molar-refractivity contribution is -0.118. The largest absolute Gasteiger partial charge is 0.324 e. The molecule has 0 saturated heterocycles. The fourth-order valence-corrected chi connectivity index (χ4v) is 4.32. The first-order valence-electron chi connectivity index (χ1n) is 8.81. The van der Waals surface area contributed by atoms with Crippen LogP contribution in [-0.2, 0) is 14.8 Å². The number of imidazole rings is 1. The number of H-pyrrole nitrogens is 1. The fraction of sp³-hybridized carbons (Fsp3) is 0.211. The lowest BCUT2D eigenvalue weighted by atomic mass is 10.0. The van der Waals surface area contributed by atoms with E-state index in [-0.39, 0.29) is 22.6 Å². The van der Waals surface area contributed by atoms with Gasteiger partial charge in [0.15, 0.2) is 0 Å². The first-order valence-corrected chi connectivity index (χ1v) is 10.3. The monoisotopic (exact) mass is 397 g/mol. The summed E-state index contributed by atoms with van der Waals surface area (Å²) in [5.74, 6) is -0.0298. The number of nitrogens with one attached hydrogen (secondary N) is 3. The molecule has 1 aliphatic heterocycles. The van der Waals surface area contributed by atoms with Gasteiger partial charge in [0.2, 0.25) is 5.95 Å². The van der Waals surface area contributed by atoms with E-state index < -0.39 is 16.1 Å².